The Morgan fingerprint density at radius 2 is 1.92 bits per heavy atom. The number of rotatable bonds is 4. The van der Waals surface area contributed by atoms with Gasteiger partial charge in [-0.2, -0.15) is 0 Å². The number of nitrogens with two attached hydrogens (primary N) is 1. The van der Waals surface area contributed by atoms with Crippen molar-refractivity contribution in [2.75, 3.05) is 0 Å². The Morgan fingerprint density at radius 1 is 1.46 bits per heavy atom. The van der Waals surface area contributed by atoms with E-state index in [1.165, 1.54) is 0 Å². The highest BCUT2D eigenvalue weighted by molar-refractivity contribution is 5.72. The monoisotopic (exact) mass is 187 g/mol. The van der Waals surface area contributed by atoms with E-state index in [9.17, 15) is 4.79 Å². The van der Waals surface area contributed by atoms with E-state index >= 15 is 0 Å². The van der Waals surface area contributed by atoms with Crippen LogP contribution in [0.1, 0.15) is 40.5 Å². The fourth-order valence-corrected chi connectivity index (χ4v) is 1.66. The average Bonchev–Trinajstić information content (AvgIpc) is 1.81. The third kappa shape index (κ3) is 6.58. The Kier molecular flexibility index (Phi) is 4.40. The predicted octanol–water partition coefficient (Wildman–Crippen LogP) is 1.86. The maximum Gasteiger partial charge on any atom is 0.320 e. The van der Waals surface area contributed by atoms with Crippen molar-refractivity contribution in [1.29, 1.82) is 0 Å². The molecule has 0 aliphatic rings. The number of carboxylic acids is 1. The van der Waals surface area contributed by atoms with Gasteiger partial charge in [0.05, 0.1) is 0 Å². The summed E-state index contributed by atoms with van der Waals surface area (Å²) in [4.78, 5) is 10.5. The highest BCUT2D eigenvalue weighted by atomic mass is 16.4. The van der Waals surface area contributed by atoms with Crippen molar-refractivity contribution >= 4 is 5.97 Å². The summed E-state index contributed by atoms with van der Waals surface area (Å²) in [5.41, 5.74) is 5.68. The minimum absolute atomic E-state index is 0.248. The molecule has 0 radical (unpaired) electrons. The van der Waals surface area contributed by atoms with E-state index in [1.807, 2.05) is 6.92 Å². The van der Waals surface area contributed by atoms with Crippen LogP contribution in [0.15, 0.2) is 0 Å². The predicted molar refractivity (Wildman–Crippen MR) is 53.5 cm³/mol. The number of carbonyl (C=O) groups is 1. The van der Waals surface area contributed by atoms with Crippen molar-refractivity contribution in [3.63, 3.8) is 0 Å². The fourth-order valence-electron chi connectivity index (χ4n) is 1.66. The van der Waals surface area contributed by atoms with Gasteiger partial charge in [0.2, 0.25) is 0 Å². The summed E-state index contributed by atoms with van der Waals surface area (Å²) >= 11 is 0. The van der Waals surface area contributed by atoms with Gasteiger partial charge in [0.15, 0.2) is 0 Å². The molecule has 78 valence electrons. The van der Waals surface area contributed by atoms with Crippen LogP contribution in [0.4, 0.5) is 0 Å². The topological polar surface area (TPSA) is 63.3 Å². The van der Waals surface area contributed by atoms with E-state index in [0.717, 1.165) is 6.42 Å². The molecule has 3 N–H and O–H groups in total. The van der Waals surface area contributed by atoms with Crippen LogP contribution in [-0.2, 0) is 4.79 Å². The molecule has 0 rings (SSSR count). The lowest BCUT2D eigenvalue weighted by molar-refractivity contribution is -0.139. The maximum absolute atomic E-state index is 10.5. The number of hydrogen-bond donors (Lipinski definition) is 2. The summed E-state index contributed by atoms with van der Waals surface area (Å²) in [6, 6.07) is -0.711. The van der Waals surface area contributed by atoms with Crippen LogP contribution in [0, 0.1) is 11.3 Å². The standard InChI is InChI=1S/C10H21NO2/c1-7(6-10(2,3)4)5-8(11)9(12)13/h7-8H,5-6,11H2,1-4H3,(H,12,13)/t7?,8-/m0/s1. The highest BCUT2D eigenvalue weighted by Gasteiger charge is 2.20. The molecule has 3 heteroatoms. The quantitative estimate of drug-likeness (QED) is 0.706. The van der Waals surface area contributed by atoms with Crippen LogP contribution in [0.3, 0.4) is 0 Å². The van der Waals surface area contributed by atoms with Gasteiger partial charge in [0.25, 0.3) is 0 Å². The molecular formula is C10H21NO2. The Balaban J connectivity index is 3.88. The number of carboxylic acid groups (broad SMARTS) is 1. The third-order valence-corrected chi connectivity index (χ3v) is 1.93. The molecule has 0 fully saturated rings. The molecule has 0 saturated heterocycles. The molecule has 0 aliphatic heterocycles. The van der Waals surface area contributed by atoms with Gasteiger partial charge >= 0.3 is 5.97 Å². The molecule has 2 atom stereocenters. The van der Waals surface area contributed by atoms with Gasteiger partial charge in [-0.15, -0.1) is 0 Å². The zero-order valence-electron chi connectivity index (χ0n) is 9.00. The van der Waals surface area contributed by atoms with Crippen molar-refractivity contribution in [2.24, 2.45) is 17.1 Å². The second-order valence-corrected chi connectivity index (χ2v) is 5.05. The molecule has 1 unspecified atom stereocenters. The van der Waals surface area contributed by atoms with Crippen molar-refractivity contribution in [1.82, 2.24) is 0 Å². The molecule has 0 aliphatic carbocycles. The average molecular weight is 187 g/mol. The van der Waals surface area contributed by atoms with Crippen molar-refractivity contribution in [2.45, 2.75) is 46.6 Å². The van der Waals surface area contributed by atoms with Crippen LogP contribution in [0.5, 0.6) is 0 Å². The minimum atomic E-state index is -0.902. The van der Waals surface area contributed by atoms with Gasteiger partial charge in [0.1, 0.15) is 6.04 Å². The second kappa shape index (κ2) is 4.61. The lowest BCUT2D eigenvalue weighted by Gasteiger charge is -2.24. The highest BCUT2D eigenvalue weighted by Crippen LogP contribution is 2.26. The summed E-state index contributed by atoms with van der Waals surface area (Å²) in [7, 11) is 0. The Morgan fingerprint density at radius 3 is 2.23 bits per heavy atom. The van der Waals surface area contributed by atoms with Crippen molar-refractivity contribution < 1.29 is 9.90 Å². The van der Waals surface area contributed by atoms with E-state index in [-0.39, 0.29) is 5.41 Å². The molecule has 13 heavy (non-hydrogen) atoms. The lowest BCUT2D eigenvalue weighted by Crippen LogP contribution is -2.32. The molecule has 0 saturated carbocycles. The maximum atomic E-state index is 10.5. The minimum Gasteiger partial charge on any atom is -0.480 e. The van der Waals surface area contributed by atoms with E-state index < -0.39 is 12.0 Å². The first-order valence-electron chi connectivity index (χ1n) is 4.71. The lowest BCUT2D eigenvalue weighted by atomic mass is 9.83. The number of hydrogen-bond acceptors (Lipinski definition) is 2. The SMILES string of the molecule is CC(C[C@H](N)C(=O)O)CC(C)(C)C. The molecule has 0 bridgehead atoms. The fraction of sp³-hybridized carbons (Fsp3) is 0.900. The van der Waals surface area contributed by atoms with Crippen LogP contribution in [0.25, 0.3) is 0 Å². The summed E-state index contributed by atoms with van der Waals surface area (Å²) < 4.78 is 0. The van der Waals surface area contributed by atoms with Gasteiger partial charge in [-0.1, -0.05) is 27.7 Å². The van der Waals surface area contributed by atoms with Crippen LogP contribution in [-0.4, -0.2) is 17.1 Å². The molecule has 0 spiro atoms. The van der Waals surface area contributed by atoms with Crippen molar-refractivity contribution in [3.05, 3.63) is 0 Å². The summed E-state index contributed by atoms with van der Waals surface area (Å²) in [6.07, 6.45) is 1.57. The Bertz CT molecular complexity index is 172. The first kappa shape index (κ1) is 12.4. The second-order valence-electron chi connectivity index (χ2n) is 5.05. The molecule has 0 aromatic rings. The third-order valence-electron chi connectivity index (χ3n) is 1.93. The van der Waals surface area contributed by atoms with Gasteiger partial charge in [-0.25, -0.2) is 0 Å². The van der Waals surface area contributed by atoms with Gasteiger partial charge in [-0.3, -0.25) is 4.79 Å². The summed E-state index contributed by atoms with van der Waals surface area (Å²) in [5.74, 6) is -0.535. The largest absolute Gasteiger partial charge is 0.480 e. The van der Waals surface area contributed by atoms with Crippen molar-refractivity contribution in [3.8, 4) is 0 Å². The zero-order chi connectivity index (χ0) is 10.6. The number of aliphatic carboxylic acids is 1. The molecule has 0 amide bonds. The molecule has 3 nitrogen and oxygen atoms in total. The van der Waals surface area contributed by atoms with E-state index in [1.54, 1.807) is 0 Å². The van der Waals surface area contributed by atoms with Gasteiger partial charge < -0.3 is 10.8 Å². The van der Waals surface area contributed by atoms with Crippen LogP contribution < -0.4 is 5.73 Å². The van der Waals surface area contributed by atoms with Crippen LogP contribution >= 0.6 is 0 Å². The zero-order valence-corrected chi connectivity index (χ0v) is 9.00. The molecule has 0 aromatic heterocycles. The normalized spacial score (nSPS) is 16.7. The Hall–Kier alpha value is -0.570. The molecule has 0 aromatic carbocycles. The Labute approximate surface area is 80.3 Å². The van der Waals surface area contributed by atoms with Crippen LogP contribution in [0.2, 0.25) is 0 Å². The van der Waals surface area contributed by atoms with E-state index in [2.05, 4.69) is 20.8 Å². The van der Waals surface area contributed by atoms with Gasteiger partial charge in [0, 0.05) is 0 Å². The first-order chi connectivity index (χ1) is 5.72. The summed E-state index contributed by atoms with van der Waals surface area (Å²) in [5, 5.41) is 8.60. The molecular weight excluding hydrogens is 166 g/mol. The van der Waals surface area contributed by atoms with Gasteiger partial charge in [-0.05, 0) is 24.2 Å². The summed E-state index contributed by atoms with van der Waals surface area (Å²) in [6.45, 7) is 8.50. The van der Waals surface area contributed by atoms with E-state index in [4.69, 9.17) is 10.8 Å². The smallest absolute Gasteiger partial charge is 0.320 e. The first-order valence-corrected chi connectivity index (χ1v) is 4.71. The van der Waals surface area contributed by atoms with E-state index in [0.29, 0.717) is 12.3 Å². The molecule has 0 heterocycles.